The summed E-state index contributed by atoms with van der Waals surface area (Å²) in [5, 5.41) is 26.9. The Balaban J connectivity index is 2.44. The summed E-state index contributed by atoms with van der Waals surface area (Å²) >= 11 is 0. The number of halogens is 2. The van der Waals surface area contributed by atoms with E-state index in [-0.39, 0.29) is 12.2 Å². The number of hydrogen-bond donors (Lipinski definition) is 3. The highest BCUT2D eigenvalue weighted by atomic mass is 19.3. The summed E-state index contributed by atoms with van der Waals surface area (Å²) in [5.41, 5.74) is -0.398. The summed E-state index contributed by atoms with van der Waals surface area (Å²) in [5.74, 6) is -5.17. The molecule has 1 amide bonds. The predicted octanol–water partition coefficient (Wildman–Crippen LogP) is 2.08. The second-order valence-corrected chi connectivity index (χ2v) is 5.53. The average Bonchev–Trinajstić information content (AvgIpc) is 2.51. The van der Waals surface area contributed by atoms with Crippen LogP contribution in [0, 0.1) is 0 Å². The fourth-order valence-electron chi connectivity index (χ4n) is 2.68. The summed E-state index contributed by atoms with van der Waals surface area (Å²) < 4.78 is 28.8. The van der Waals surface area contributed by atoms with Crippen molar-refractivity contribution < 1.29 is 33.7 Å². The van der Waals surface area contributed by atoms with Gasteiger partial charge in [0.1, 0.15) is 0 Å². The first-order chi connectivity index (χ1) is 11.3. The van der Waals surface area contributed by atoms with E-state index >= 15 is 0 Å². The zero-order valence-electron chi connectivity index (χ0n) is 12.7. The van der Waals surface area contributed by atoms with E-state index in [1.807, 2.05) is 0 Å². The molecule has 3 N–H and O–H groups in total. The van der Waals surface area contributed by atoms with Gasteiger partial charge in [-0.1, -0.05) is 24.3 Å². The maximum atomic E-state index is 14.4. The van der Waals surface area contributed by atoms with Crippen LogP contribution in [0.4, 0.5) is 13.6 Å². The molecule has 24 heavy (non-hydrogen) atoms. The maximum Gasteiger partial charge on any atom is 0.407 e. The number of hydrogen-bond acceptors (Lipinski definition) is 3. The first-order valence-corrected chi connectivity index (χ1v) is 7.29. The molecule has 8 heteroatoms. The van der Waals surface area contributed by atoms with Crippen LogP contribution < -0.4 is 0 Å². The van der Waals surface area contributed by atoms with E-state index in [0.29, 0.717) is 17.7 Å². The van der Waals surface area contributed by atoms with Crippen molar-refractivity contribution in [3.8, 4) is 0 Å². The molecule has 0 saturated carbocycles. The van der Waals surface area contributed by atoms with Crippen molar-refractivity contribution in [1.82, 2.24) is 4.90 Å². The van der Waals surface area contributed by atoms with Crippen molar-refractivity contribution in [2.45, 2.75) is 18.8 Å². The molecule has 2 rings (SSSR count). The number of rotatable bonds is 5. The molecule has 0 fully saturated rings. The molecule has 0 saturated heterocycles. The second-order valence-electron chi connectivity index (χ2n) is 5.53. The van der Waals surface area contributed by atoms with Crippen molar-refractivity contribution >= 4 is 17.6 Å². The first kappa shape index (κ1) is 17.9. The van der Waals surface area contributed by atoms with Crippen LogP contribution >= 0.6 is 0 Å². The molecule has 0 bridgehead atoms. The number of carboxylic acid groups (broad SMARTS) is 2. The van der Waals surface area contributed by atoms with Crippen LogP contribution in [-0.4, -0.2) is 57.9 Å². The van der Waals surface area contributed by atoms with Crippen molar-refractivity contribution in [2.24, 2.45) is 0 Å². The Bertz CT molecular complexity index is 670. The highest BCUT2D eigenvalue weighted by Crippen LogP contribution is 2.39. The van der Waals surface area contributed by atoms with Gasteiger partial charge < -0.3 is 15.3 Å². The van der Waals surface area contributed by atoms with Gasteiger partial charge in [-0.15, -0.1) is 0 Å². The maximum absolute atomic E-state index is 14.4. The van der Waals surface area contributed by atoms with E-state index < -0.39 is 42.2 Å². The van der Waals surface area contributed by atoms with Gasteiger partial charge in [0.05, 0.1) is 18.7 Å². The fourth-order valence-corrected chi connectivity index (χ4v) is 2.68. The fraction of sp³-hybridized carbons (Fsp3) is 0.375. The number of nitrogens with zero attached hydrogens (tertiary/aromatic N) is 1. The molecule has 0 aliphatic carbocycles. The van der Waals surface area contributed by atoms with Gasteiger partial charge in [0, 0.05) is 12.2 Å². The van der Waals surface area contributed by atoms with Gasteiger partial charge in [0.25, 0.3) is 5.92 Å². The van der Waals surface area contributed by atoms with Gasteiger partial charge in [0.15, 0.2) is 0 Å². The molecular formula is C16H17F2NO5. The van der Waals surface area contributed by atoms with E-state index in [1.54, 1.807) is 12.1 Å². The Labute approximate surface area is 136 Å². The molecule has 130 valence electrons. The van der Waals surface area contributed by atoms with Gasteiger partial charge in [0.2, 0.25) is 0 Å². The Morgan fingerprint density at radius 1 is 1.17 bits per heavy atom. The van der Waals surface area contributed by atoms with Gasteiger partial charge in [-0.05, 0) is 24.0 Å². The van der Waals surface area contributed by atoms with Crippen LogP contribution in [0.15, 0.2) is 29.8 Å². The zero-order chi connectivity index (χ0) is 17.9. The number of aliphatic hydroxyl groups excluding tert-OH is 1. The lowest BCUT2D eigenvalue weighted by Crippen LogP contribution is -2.47. The molecule has 1 aromatic carbocycles. The Kier molecular flexibility index (Phi) is 5.18. The molecule has 1 aliphatic heterocycles. The van der Waals surface area contributed by atoms with E-state index in [4.69, 9.17) is 10.2 Å². The van der Waals surface area contributed by atoms with Crippen LogP contribution in [0.5, 0.6) is 0 Å². The minimum atomic E-state index is -3.60. The Morgan fingerprint density at radius 3 is 2.29 bits per heavy atom. The lowest BCUT2D eigenvalue weighted by Gasteiger charge is -2.33. The van der Waals surface area contributed by atoms with E-state index in [9.17, 15) is 23.5 Å². The van der Waals surface area contributed by atoms with E-state index in [1.165, 1.54) is 12.1 Å². The molecule has 0 unspecified atom stereocenters. The topological polar surface area (TPSA) is 98.1 Å². The number of carbonyl (C=O) groups is 2. The summed E-state index contributed by atoms with van der Waals surface area (Å²) in [6.45, 7) is -1.66. The van der Waals surface area contributed by atoms with Crippen LogP contribution in [-0.2, 0) is 11.2 Å². The average molecular weight is 341 g/mol. The summed E-state index contributed by atoms with van der Waals surface area (Å²) in [4.78, 5) is 22.7. The molecule has 0 atom stereocenters. The Hall–Kier alpha value is -2.48. The van der Waals surface area contributed by atoms with Gasteiger partial charge in [-0.3, -0.25) is 4.90 Å². The first-order valence-electron chi connectivity index (χ1n) is 7.29. The molecule has 0 spiro atoms. The molecule has 6 nitrogen and oxygen atoms in total. The van der Waals surface area contributed by atoms with Gasteiger partial charge in [-0.2, -0.15) is 8.78 Å². The van der Waals surface area contributed by atoms with E-state index in [0.717, 1.165) is 5.56 Å². The van der Waals surface area contributed by atoms with Crippen molar-refractivity contribution in [1.29, 1.82) is 0 Å². The number of benzene rings is 1. The van der Waals surface area contributed by atoms with Gasteiger partial charge in [-0.25, -0.2) is 9.59 Å². The third-order valence-electron chi connectivity index (χ3n) is 3.80. The molecule has 1 aromatic rings. The molecule has 0 radical (unpaired) electrons. The highest BCUT2D eigenvalue weighted by Gasteiger charge is 2.46. The minimum Gasteiger partial charge on any atom is -0.478 e. The van der Waals surface area contributed by atoms with Crippen LogP contribution in [0.3, 0.4) is 0 Å². The van der Waals surface area contributed by atoms with Crippen molar-refractivity contribution in [3.05, 3.63) is 41.0 Å². The van der Waals surface area contributed by atoms with E-state index in [2.05, 4.69) is 0 Å². The number of aliphatic hydroxyl groups is 1. The van der Waals surface area contributed by atoms with Crippen LogP contribution in [0.1, 0.15) is 17.5 Å². The quantitative estimate of drug-likeness (QED) is 0.762. The minimum absolute atomic E-state index is 0.0131. The molecular weight excluding hydrogens is 324 g/mol. The number of aryl methyl sites for hydroxylation is 1. The van der Waals surface area contributed by atoms with Crippen molar-refractivity contribution in [2.75, 3.05) is 19.7 Å². The highest BCUT2D eigenvalue weighted by molar-refractivity contribution is 5.99. The number of alkyl halides is 2. The largest absolute Gasteiger partial charge is 0.478 e. The third-order valence-corrected chi connectivity index (χ3v) is 3.80. The Morgan fingerprint density at radius 2 is 1.79 bits per heavy atom. The summed E-state index contributed by atoms with van der Waals surface area (Å²) in [7, 11) is 0. The smallest absolute Gasteiger partial charge is 0.407 e. The number of aliphatic carboxylic acids is 1. The molecule has 1 aliphatic rings. The zero-order valence-corrected chi connectivity index (χ0v) is 12.7. The van der Waals surface area contributed by atoms with Crippen molar-refractivity contribution in [3.63, 3.8) is 0 Å². The molecule has 1 heterocycles. The normalized spacial score (nSPS) is 17.0. The number of amides is 1. The third kappa shape index (κ3) is 3.70. The van der Waals surface area contributed by atoms with Crippen LogP contribution in [0.25, 0.3) is 5.57 Å². The lowest BCUT2D eigenvalue weighted by molar-refractivity contribution is -0.133. The summed E-state index contributed by atoms with van der Waals surface area (Å²) in [6, 6.07) is 5.98. The summed E-state index contributed by atoms with van der Waals surface area (Å²) in [6.07, 6.45) is -0.483. The van der Waals surface area contributed by atoms with Crippen LogP contribution in [0.2, 0.25) is 0 Å². The predicted molar refractivity (Wildman–Crippen MR) is 80.9 cm³/mol. The lowest BCUT2D eigenvalue weighted by atomic mass is 9.89. The molecule has 0 aromatic heterocycles. The standard InChI is InChI=1S/C16H17F2NO5/c17-16(18)9-19(15(23)24)8-12(14(21)22)13(16)11-5-3-10(4-6-11)2-1-7-20/h3-6,20H,1-2,7-9H2,(H,21,22)(H,23,24). The SMILES string of the molecule is O=C(O)C1=C(c2ccc(CCCO)cc2)C(F)(F)CN(C(=O)O)C1. The monoisotopic (exact) mass is 341 g/mol. The van der Waals surface area contributed by atoms with Gasteiger partial charge >= 0.3 is 12.1 Å². The second kappa shape index (κ2) is 6.96. The number of carboxylic acids is 1.